The summed E-state index contributed by atoms with van der Waals surface area (Å²) in [6.45, 7) is 6.58. The molecule has 0 spiro atoms. The number of thiocarbonyl (C=S) groups is 1. The van der Waals surface area contributed by atoms with Crippen molar-refractivity contribution in [3.8, 4) is 0 Å². The van der Waals surface area contributed by atoms with Gasteiger partial charge in [0.15, 0.2) is 5.11 Å². The molecule has 3 heteroatoms. The van der Waals surface area contributed by atoms with Crippen molar-refractivity contribution in [1.29, 1.82) is 0 Å². The van der Waals surface area contributed by atoms with E-state index in [1.54, 1.807) is 0 Å². The molecule has 13 heavy (non-hydrogen) atoms. The van der Waals surface area contributed by atoms with Crippen molar-refractivity contribution in [3.05, 3.63) is 0 Å². The molecule has 0 bridgehead atoms. The summed E-state index contributed by atoms with van der Waals surface area (Å²) in [4.78, 5) is 0. The molecule has 1 rings (SSSR count). The van der Waals surface area contributed by atoms with E-state index in [0.29, 0.717) is 6.04 Å². The van der Waals surface area contributed by atoms with E-state index < -0.39 is 0 Å². The molecule has 0 aromatic heterocycles. The molecule has 1 saturated carbocycles. The van der Waals surface area contributed by atoms with E-state index in [2.05, 4.69) is 31.4 Å². The molecule has 2 N–H and O–H groups in total. The van der Waals surface area contributed by atoms with Crippen LogP contribution >= 0.6 is 12.2 Å². The fraction of sp³-hybridized carbons (Fsp3) is 0.900. The number of hydrogen-bond donors (Lipinski definition) is 2. The second-order valence-corrected chi connectivity index (χ2v) is 4.91. The first-order valence-electron chi connectivity index (χ1n) is 5.12. The van der Waals surface area contributed by atoms with Crippen LogP contribution in [0.1, 0.15) is 46.5 Å². The molecular weight excluding hydrogens is 180 g/mol. The zero-order valence-corrected chi connectivity index (χ0v) is 9.63. The van der Waals surface area contributed by atoms with Gasteiger partial charge in [0, 0.05) is 11.6 Å². The number of rotatable bonds is 4. The van der Waals surface area contributed by atoms with E-state index in [0.717, 1.165) is 11.5 Å². The predicted octanol–water partition coefficient (Wildman–Crippen LogP) is 2.19. The first-order valence-corrected chi connectivity index (χ1v) is 5.53. The van der Waals surface area contributed by atoms with Crippen LogP contribution < -0.4 is 10.6 Å². The molecule has 0 aliphatic heterocycles. The average molecular weight is 200 g/mol. The highest BCUT2D eigenvalue weighted by Crippen LogP contribution is 2.19. The van der Waals surface area contributed by atoms with Crippen LogP contribution in [0.25, 0.3) is 0 Å². The molecular formula is C10H20N2S. The molecule has 0 radical (unpaired) electrons. The Bertz CT molecular complexity index is 185. The van der Waals surface area contributed by atoms with Gasteiger partial charge in [-0.3, -0.25) is 0 Å². The smallest absolute Gasteiger partial charge is 0.166 e. The van der Waals surface area contributed by atoms with Crippen LogP contribution in [-0.2, 0) is 0 Å². The first kappa shape index (κ1) is 10.8. The van der Waals surface area contributed by atoms with Crippen molar-refractivity contribution in [2.75, 3.05) is 0 Å². The van der Waals surface area contributed by atoms with Crippen LogP contribution in [0.15, 0.2) is 0 Å². The third-order valence-electron chi connectivity index (χ3n) is 2.24. The molecule has 1 fully saturated rings. The zero-order valence-electron chi connectivity index (χ0n) is 8.81. The molecule has 0 atom stereocenters. The Hall–Kier alpha value is -0.310. The van der Waals surface area contributed by atoms with Gasteiger partial charge in [0.05, 0.1) is 0 Å². The normalized spacial score (nSPS) is 16.8. The van der Waals surface area contributed by atoms with E-state index >= 15 is 0 Å². The monoisotopic (exact) mass is 200 g/mol. The van der Waals surface area contributed by atoms with Crippen molar-refractivity contribution < 1.29 is 0 Å². The van der Waals surface area contributed by atoms with Crippen LogP contribution in [-0.4, -0.2) is 16.7 Å². The summed E-state index contributed by atoms with van der Waals surface area (Å²) in [6.07, 6.45) is 4.89. The van der Waals surface area contributed by atoms with Crippen molar-refractivity contribution in [2.24, 2.45) is 0 Å². The Morgan fingerprint density at radius 2 is 2.08 bits per heavy atom. The van der Waals surface area contributed by atoms with Crippen LogP contribution in [0.4, 0.5) is 0 Å². The maximum atomic E-state index is 5.21. The third kappa shape index (κ3) is 4.46. The fourth-order valence-electron chi connectivity index (χ4n) is 1.44. The Balaban J connectivity index is 2.23. The Morgan fingerprint density at radius 3 is 2.54 bits per heavy atom. The third-order valence-corrected chi connectivity index (χ3v) is 2.46. The molecule has 0 aromatic carbocycles. The van der Waals surface area contributed by atoms with Gasteiger partial charge < -0.3 is 10.6 Å². The summed E-state index contributed by atoms with van der Waals surface area (Å²) >= 11 is 5.21. The van der Waals surface area contributed by atoms with Gasteiger partial charge in [0.2, 0.25) is 0 Å². The maximum Gasteiger partial charge on any atom is 0.166 e. The number of hydrogen-bond acceptors (Lipinski definition) is 1. The van der Waals surface area contributed by atoms with Gasteiger partial charge in [-0.2, -0.15) is 0 Å². The van der Waals surface area contributed by atoms with Crippen LogP contribution in [0.2, 0.25) is 0 Å². The quantitative estimate of drug-likeness (QED) is 0.680. The fourth-order valence-corrected chi connectivity index (χ4v) is 1.89. The zero-order chi connectivity index (χ0) is 9.90. The van der Waals surface area contributed by atoms with Crippen molar-refractivity contribution >= 4 is 17.3 Å². The van der Waals surface area contributed by atoms with Gasteiger partial charge in [-0.1, -0.05) is 13.3 Å². The summed E-state index contributed by atoms with van der Waals surface area (Å²) < 4.78 is 0. The summed E-state index contributed by atoms with van der Waals surface area (Å²) in [7, 11) is 0. The second-order valence-electron chi connectivity index (χ2n) is 4.51. The molecule has 0 aromatic rings. The topological polar surface area (TPSA) is 24.1 Å². The van der Waals surface area contributed by atoms with Gasteiger partial charge in [0.1, 0.15) is 0 Å². The first-order chi connectivity index (χ1) is 6.03. The molecule has 1 aliphatic rings. The predicted molar refractivity (Wildman–Crippen MR) is 60.9 cm³/mol. The molecule has 1 aliphatic carbocycles. The van der Waals surface area contributed by atoms with E-state index in [-0.39, 0.29) is 5.54 Å². The van der Waals surface area contributed by atoms with Crippen molar-refractivity contribution in [3.63, 3.8) is 0 Å². The lowest BCUT2D eigenvalue weighted by Gasteiger charge is -2.27. The summed E-state index contributed by atoms with van der Waals surface area (Å²) in [5.74, 6) is 0. The Kier molecular flexibility index (Phi) is 3.54. The van der Waals surface area contributed by atoms with Gasteiger partial charge in [-0.05, 0) is 45.3 Å². The van der Waals surface area contributed by atoms with E-state index in [4.69, 9.17) is 12.2 Å². The molecule has 0 amide bonds. The molecule has 0 saturated heterocycles. The molecule has 2 nitrogen and oxygen atoms in total. The van der Waals surface area contributed by atoms with Crippen LogP contribution in [0, 0.1) is 0 Å². The van der Waals surface area contributed by atoms with E-state index in [1.807, 2.05) is 0 Å². The lowest BCUT2D eigenvalue weighted by molar-refractivity contribution is 0.418. The molecule has 0 unspecified atom stereocenters. The summed E-state index contributed by atoms with van der Waals surface area (Å²) in [6, 6.07) is 0.650. The highest BCUT2D eigenvalue weighted by molar-refractivity contribution is 7.80. The van der Waals surface area contributed by atoms with Crippen molar-refractivity contribution in [1.82, 2.24) is 10.6 Å². The largest absolute Gasteiger partial charge is 0.360 e. The van der Waals surface area contributed by atoms with Gasteiger partial charge >= 0.3 is 0 Å². The highest BCUT2D eigenvalue weighted by Gasteiger charge is 2.24. The van der Waals surface area contributed by atoms with Crippen LogP contribution in [0.5, 0.6) is 0 Å². The lowest BCUT2D eigenvalue weighted by atomic mass is 9.99. The average Bonchev–Trinajstić information content (AvgIpc) is 2.68. The van der Waals surface area contributed by atoms with E-state index in [1.165, 1.54) is 19.3 Å². The van der Waals surface area contributed by atoms with Crippen molar-refractivity contribution in [2.45, 2.75) is 58.0 Å². The minimum absolute atomic E-state index is 0.133. The minimum atomic E-state index is 0.133. The second kappa shape index (κ2) is 4.27. The molecule has 76 valence electrons. The van der Waals surface area contributed by atoms with Gasteiger partial charge in [-0.15, -0.1) is 0 Å². The van der Waals surface area contributed by atoms with E-state index in [9.17, 15) is 0 Å². The Morgan fingerprint density at radius 1 is 1.46 bits per heavy atom. The van der Waals surface area contributed by atoms with Gasteiger partial charge in [-0.25, -0.2) is 0 Å². The van der Waals surface area contributed by atoms with Gasteiger partial charge in [0.25, 0.3) is 0 Å². The standard InChI is InChI=1S/C10H20N2S/c1-4-7-10(2,3)12-9(13)11-8-5-6-8/h8H,4-7H2,1-3H3,(H2,11,12,13). The summed E-state index contributed by atoms with van der Waals surface area (Å²) in [5, 5.41) is 7.46. The minimum Gasteiger partial charge on any atom is -0.360 e. The SMILES string of the molecule is CCCC(C)(C)NC(=S)NC1CC1. The number of nitrogens with one attached hydrogen (secondary N) is 2. The highest BCUT2D eigenvalue weighted by atomic mass is 32.1. The summed E-state index contributed by atoms with van der Waals surface area (Å²) in [5.41, 5.74) is 0.133. The lowest BCUT2D eigenvalue weighted by Crippen LogP contribution is -2.48. The Labute approximate surface area is 86.5 Å². The van der Waals surface area contributed by atoms with Crippen LogP contribution in [0.3, 0.4) is 0 Å². The maximum absolute atomic E-state index is 5.21. The molecule has 0 heterocycles.